The van der Waals surface area contributed by atoms with Gasteiger partial charge in [-0.15, -0.1) is 0 Å². The number of rotatable bonds is 1. The van der Waals surface area contributed by atoms with Gasteiger partial charge in [-0.25, -0.2) is 0 Å². The van der Waals surface area contributed by atoms with Gasteiger partial charge in [-0.1, -0.05) is 15.9 Å². The number of amides is 1. The number of aromatic amines is 1. The lowest BCUT2D eigenvalue weighted by Crippen LogP contribution is -2.32. The Labute approximate surface area is 108 Å². The van der Waals surface area contributed by atoms with Crippen LogP contribution in [0.4, 0.5) is 0 Å². The summed E-state index contributed by atoms with van der Waals surface area (Å²) in [5.41, 5.74) is 3.68. The highest BCUT2D eigenvalue weighted by Gasteiger charge is 2.25. The summed E-state index contributed by atoms with van der Waals surface area (Å²) in [5.74, 6) is 0. The number of nitrogens with one attached hydrogen (secondary N) is 1. The van der Waals surface area contributed by atoms with Crippen LogP contribution in [0.3, 0.4) is 0 Å². The second-order valence-corrected chi connectivity index (χ2v) is 5.39. The number of aromatic nitrogens is 1. The largest absolute Gasteiger partial charge is 0.356 e. The first-order chi connectivity index (χ1) is 8.20. The quantitative estimate of drug-likeness (QED) is 0.806. The Balaban J connectivity index is 2.21. The molecule has 0 radical (unpaired) electrons. The van der Waals surface area contributed by atoms with Gasteiger partial charge >= 0.3 is 0 Å². The van der Waals surface area contributed by atoms with Crippen molar-refractivity contribution in [1.82, 2.24) is 9.88 Å². The van der Waals surface area contributed by atoms with E-state index in [0.29, 0.717) is 0 Å². The van der Waals surface area contributed by atoms with Gasteiger partial charge in [-0.2, -0.15) is 0 Å². The van der Waals surface area contributed by atoms with E-state index in [0.717, 1.165) is 29.4 Å². The third kappa shape index (κ3) is 1.59. The lowest BCUT2D eigenvalue weighted by atomic mass is 9.99. The Morgan fingerprint density at radius 1 is 1.53 bits per heavy atom. The molecule has 1 amide bonds. The number of H-pyrrole nitrogens is 1. The zero-order valence-corrected chi connectivity index (χ0v) is 11.1. The minimum Gasteiger partial charge on any atom is -0.356 e. The number of carbonyl (C=O) groups excluding carboxylic acids is 1. The van der Waals surface area contributed by atoms with Gasteiger partial charge in [0.15, 0.2) is 0 Å². The highest BCUT2D eigenvalue weighted by atomic mass is 79.9. The maximum Gasteiger partial charge on any atom is 0.210 e. The molecule has 1 aliphatic heterocycles. The van der Waals surface area contributed by atoms with E-state index >= 15 is 0 Å². The van der Waals surface area contributed by atoms with Crippen molar-refractivity contribution in [3.8, 4) is 0 Å². The molecular weight excluding hydrogens is 280 g/mol. The topological polar surface area (TPSA) is 36.1 Å². The Kier molecular flexibility index (Phi) is 2.47. The molecule has 1 atom stereocenters. The fourth-order valence-corrected chi connectivity index (χ4v) is 2.97. The van der Waals surface area contributed by atoms with E-state index in [2.05, 4.69) is 40.0 Å². The first-order valence-electron chi connectivity index (χ1n) is 5.71. The summed E-state index contributed by atoms with van der Waals surface area (Å²) in [4.78, 5) is 16.2. The Bertz CT molecular complexity index is 590. The Hall–Kier alpha value is -1.29. The van der Waals surface area contributed by atoms with Crippen molar-refractivity contribution >= 4 is 33.2 Å². The number of hydrogen-bond donors (Lipinski definition) is 1. The van der Waals surface area contributed by atoms with E-state index in [4.69, 9.17) is 0 Å². The molecule has 1 aromatic heterocycles. The standard InChI is InChI=1S/C13H13BrN2O/c1-8-13-10(4-5-16(8)7-17)11-6-9(14)2-3-12(11)15-13/h2-3,6-8,15H,4-5H2,1H3. The van der Waals surface area contributed by atoms with Crippen molar-refractivity contribution in [2.24, 2.45) is 0 Å². The minimum atomic E-state index is 0.141. The molecular formula is C13H13BrN2O. The molecule has 2 aromatic rings. The average Bonchev–Trinajstić information content (AvgIpc) is 2.69. The highest BCUT2D eigenvalue weighted by Crippen LogP contribution is 2.34. The van der Waals surface area contributed by atoms with Crippen LogP contribution < -0.4 is 0 Å². The van der Waals surface area contributed by atoms with Crippen LogP contribution in [0.5, 0.6) is 0 Å². The van der Waals surface area contributed by atoms with Gasteiger partial charge in [-0.3, -0.25) is 4.79 Å². The van der Waals surface area contributed by atoms with Gasteiger partial charge in [-0.05, 0) is 37.1 Å². The summed E-state index contributed by atoms with van der Waals surface area (Å²) in [6.45, 7) is 2.87. The highest BCUT2D eigenvalue weighted by molar-refractivity contribution is 9.10. The van der Waals surface area contributed by atoms with Crippen LogP contribution in [-0.2, 0) is 11.2 Å². The average molecular weight is 293 g/mol. The smallest absolute Gasteiger partial charge is 0.210 e. The van der Waals surface area contributed by atoms with E-state index < -0.39 is 0 Å². The molecule has 0 spiro atoms. The third-order valence-corrected chi connectivity index (χ3v) is 4.07. The van der Waals surface area contributed by atoms with Crippen LogP contribution in [0.1, 0.15) is 24.2 Å². The molecule has 0 fully saturated rings. The lowest BCUT2D eigenvalue weighted by Gasteiger charge is -2.30. The lowest BCUT2D eigenvalue weighted by molar-refractivity contribution is -0.120. The second-order valence-electron chi connectivity index (χ2n) is 4.48. The van der Waals surface area contributed by atoms with Crippen molar-refractivity contribution in [3.63, 3.8) is 0 Å². The SMILES string of the molecule is CC1c2[nH]c3ccc(Br)cc3c2CCN1C=O. The summed E-state index contributed by atoms with van der Waals surface area (Å²) in [7, 11) is 0. The number of halogens is 1. The van der Waals surface area contributed by atoms with Crippen LogP contribution in [0.2, 0.25) is 0 Å². The molecule has 2 heterocycles. The van der Waals surface area contributed by atoms with Crippen LogP contribution in [0, 0.1) is 0 Å². The van der Waals surface area contributed by atoms with Crippen LogP contribution in [-0.4, -0.2) is 22.8 Å². The zero-order valence-electron chi connectivity index (χ0n) is 9.53. The number of carbonyl (C=O) groups is 1. The fourth-order valence-electron chi connectivity index (χ4n) is 2.61. The van der Waals surface area contributed by atoms with Crippen molar-refractivity contribution in [2.75, 3.05) is 6.54 Å². The third-order valence-electron chi connectivity index (χ3n) is 3.57. The van der Waals surface area contributed by atoms with E-state index in [9.17, 15) is 4.79 Å². The normalized spacial score (nSPS) is 19.4. The molecule has 1 aliphatic rings. The fraction of sp³-hybridized carbons (Fsp3) is 0.308. The molecule has 1 unspecified atom stereocenters. The van der Waals surface area contributed by atoms with Crippen molar-refractivity contribution in [1.29, 1.82) is 0 Å². The van der Waals surface area contributed by atoms with Crippen molar-refractivity contribution < 1.29 is 4.79 Å². The molecule has 17 heavy (non-hydrogen) atoms. The van der Waals surface area contributed by atoms with Gasteiger partial charge in [0, 0.05) is 27.6 Å². The molecule has 0 aliphatic carbocycles. The number of benzene rings is 1. The van der Waals surface area contributed by atoms with E-state index in [-0.39, 0.29) is 6.04 Å². The molecule has 0 saturated heterocycles. The molecule has 0 bridgehead atoms. The number of nitrogens with zero attached hydrogens (tertiary/aromatic N) is 1. The minimum absolute atomic E-state index is 0.141. The van der Waals surface area contributed by atoms with Gasteiger partial charge in [0.1, 0.15) is 0 Å². The van der Waals surface area contributed by atoms with Crippen molar-refractivity contribution in [2.45, 2.75) is 19.4 Å². The summed E-state index contributed by atoms with van der Waals surface area (Å²) >= 11 is 3.51. The van der Waals surface area contributed by atoms with Gasteiger partial charge < -0.3 is 9.88 Å². The Morgan fingerprint density at radius 2 is 2.35 bits per heavy atom. The predicted molar refractivity (Wildman–Crippen MR) is 70.9 cm³/mol. The summed E-state index contributed by atoms with van der Waals surface area (Å²) in [5, 5.41) is 1.27. The van der Waals surface area contributed by atoms with Crippen molar-refractivity contribution in [3.05, 3.63) is 33.9 Å². The maximum absolute atomic E-state index is 11.0. The first-order valence-corrected chi connectivity index (χ1v) is 6.51. The number of fused-ring (bicyclic) bond motifs is 3. The van der Waals surface area contributed by atoms with E-state index in [1.165, 1.54) is 16.6 Å². The summed E-state index contributed by atoms with van der Waals surface area (Å²) < 4.78 is 1.09. The molecule has 0 saturated carbocycles. The molecule has 3 nitrogen and oxygen atoms in total. The molecule has 1 N–H and O–H groups in total. The molecule has 3 rings (SSSR count). The number of hydrogen-bond acceptors (Lipinski definition) is 1. The van der Waals surface area contributed by atoms with Gasteiger partial charge in [0.25, 0.3) is 0 Å². The molecule has 88 valence electrons. The van der Waals surface area contributed by atoms with Crippen LogP contribution in [0.25, 0.3) is 10.9 Å². The summed E-state index contributed by atoms with van der Waals surface area (Å²) in [6.07, 6.45) is 1.86. The summed E-state index contributed by atoms with van der Waals surface area (Å²) in [6, 6.07) is 6.40. The predicted octanol–water partition coefficient (Wildman–Crippen LogP) is 3.01. The van der Waals surface area contributed by atoms with Crippen LogP contribution in [0.15, 0.2) is 22.7 Å². The second kappa shape index (κ2) is 3.88. The zero-order chi connectivity index (χ0) is 12.0. The molecule has 1 aromatic carbocycles. The first kappa shape index (κ1) is 10.8. The van der Waals surface area contributed by atoms with Crippen LogP contribution >= 0.6 is 15.9 Å². The monoisotopic (exact) mass is 292 g/mol. The Morgan fingerprint density at radius 3 is 3.12 bits per heavy atom. The van der Waals surface area contributed by atoms with Gasteiger partial charge in [0.2, 0.25) is 6.41 Å². The maximum atomic E-state index is 11.0. The van der Waals surface area contributed by atoms with E-state index in [1.54, 1.807) is 0 Å². The van der Waals surface area contributed by atoms with E-state index in [1.807, 2.05) is 11.0 Å². The van der Waals surface area contributed by atoms with Gasteiger partial charge in [0.05, 0.1) is 6.04 Å². The molecule has 4 heteroatoms.